The number of hydrogen-bond acceptors (Lipinski definition) is 5. The molecule has 1 amide bonds. The van der Waals surface area contributed by atoms with Crippen molar-refractivity contribution in [2.24, 2.45) is 0 Å². The Morgan fingerprint density at radius 3 is 2.81 bits per heavy atom. The van der Waals surface area contributed by atoms with Crippen molar-refractivity contribution in [3.8, 4) is 6.07 Å². The Hall–Kier alpha value is -2.26. The van der Waals surface area contributed by atoms with Crippen molar-refractivity contribution in [3.05, 3.63) is 35.9 Å². The van der Waals surface area contributed by atoms with Crippen LogP contribution in [0.15, 0.2) is 34.6 Å². The van der Waals surface area contributed by atoms with E-state index in [1.165, 1.54) is 6.20 Å². The maximum atomic E-state index is 12.3. The average Bonchev–Trinajstić information content (AvgIpc) is 2.95. The van der Waals surface area contributed by atoms with E-state index in [1.54, 1.807) is 17.2 Å². The number of amides is 1. The Labute approximate surface area is 124 Å². The molecular formula is C15H19N3O3. The normalized spacial score (nSPS) is 22.7. The largest absolute Gasteiger partial charge is 0.467 e. The fraction of sp³-hybridized carbons (Fsp3) is 0.467. The number of carbonyl (C=O) groups is 1. The molecule has 2 atom stereocenters. The van der Waals surface area contributed by atoms with Crippen LogP contribution in [0.4, 0.5) is 0 Å². The van der Waals surface area contributed by atoms with E-state index >= 15 is 0 Å². The zero-order valence-electron chi connectivity index (χ0n) is 12.2. The van der Waals surface area contributed by atoms with Crippen LogP contribution in [-0.4, -0.2) is 36.1 Å². The van der Waals surface area contributed by atoms with Crippen molar-refractivity contribution in [1.82, 2.24) is 10.2 Å². The summed E-state index contributed by atoms with van der Waals surface area (Å²) in [6.07, 6.45) is 2.98. The lowest BCUT2D eigenvalue weighted by atomic mass is 10.2. The van der Waals surface area contributed by atoms with Gasteiger partial charge in [-0.15, -0.1) is 0 Å². The molecular weight excluding hydrogens is 270 g/mol. The van der Waals surface area contributed by atoms with E-state index in [9.17, 15) is 4.79 Å². The highest BCUT2D eigenvalue weighted by Crippen LogP contribution is 2.13. The van der Waals surface area contributed by atoms with Crippen molar-refractivity contribution in [2.45, 2.75) is 32.6 Å². The van der Waals surface area contributed by atoms with Crippen LogP contribution in [0, 0.1) is 11.3 Å². The number of hydrogen-bond donors (Lipinski definition) is 1. The van der Waals surface area contributed by atoms with Gasteiger partial charge in [0, 0.05) is 19.3 Å². The molecule has 0 radical (unpaired) electrons. The van der Waals surface area contributed by atoms with Crippen LogP contribution in [0.5, 0.6) is 0 Å². The second-order valence-corrected chi connectivity index (χ2v) is 5.10. The van der Waals surface area contributed by atoms with Gasteiger partial charge in [0.2, 0.25) is 0 Å². The molecule has 0 spiro atoms. The van der Waals surface area contributed by atoms with Gasteiger partial charge in [0.05, 0.1) is 25.0 Å². The van der Waals surface area contributed by atoms with Gasteiger partial charge < -0.3 is 19.4 Å². The number of morpholine rings is 1. The summed E-state index contributed by atoms with van der Waals surface area (Å²) in [5, 5.41) is 12.1. The fourth-order valence-electron chi connectivity index (χ4n) is 2.32. The summed E-state index contributed by atoms with van der Waals surface area (Å²) in [6.45, 7) is 5.27. The van der Waals surface area contributed by atoms with Crippen LogP contribution in [0.2, 0.25) is 0 Å². The van der Waals surface area contributed by atoms with Gasteiger partial charge in [-0.25, -0.2) is 0 Å². The van der Waals surface area contributed by atoms with Gasteiger partial charge in [0.15, 0.2) is 0 Å². The van der Waals surface area contributed by atoms with E-state index < -0.39 is 0 Å². The number of nitriles is 1. The Balaban J connectivity index is 1.96. The number of nitrogens with zero attached hydrogens (tertiary/aromatic N) is 2. The SMILES string of the molecule is CC1CN(C(=O)/C(C#N)=C\NCc2ccco2)CC(C)O1. The van der Waals surface area contributed by atoms with Crippen LogP contribution >= 0.6 is 0 Å². The van der Waals surface area contributed by atoms with Crippen molar-refractivity contribution in [1.29, 1.82) is 5.26 Å². The van der Waals surface area contributed by atoms with E-state index in [1.807, 2.05) is 26.0 Å². The second kappa shape index (κ2) is 6.95. The molecule has 112 valence electrons. The molecule has 1 aliphatic heterocycles. The quantitative estimate of drug-likeness (QED) is 0.670. The number of nitrogens with one attached hydrogen (secondary N) is 1. The lowest BCUT2D eigenvalue weighted by Crippen LogP contribution is -2.48. The molecule has 0 bridgehead atoms. The molecule has 1 N–H and O–H groups in total. The van der Waals surface area contributed by atoms with Crippen molar-refractivity contribution in [3.63, 3.8) is 0 Å². The smallest absolute Gasteiger partial charge is 0.266 e. The zero-order valence-corrected chi connectivity index (χ0v) is 12.2. The summed E-state index contributed by atoms with van der Waals surface area (Å²) in [5.41, 5.74) is 0.0860. The standard InChI is InChI=1S/C15H19N3O3/c1-11-9-18(10-12(2)21-11)15(19)13(6-16)7-17-8-14-4-3-5-20-14/h3-5,7,11-12,17H,8-10H2,1-2H3/b13-7-. The fourth-order valence-corrected chi connectivity index (χ4v) is 2.32. The number of furan rings is 1. The lowest BCUT2D eigenvalue weighted by Gasteiger charge is -2.35. The number of rotatable bonds is 4. The van der Waals surface area contributed by atoms with Gasteiger partial charge in [-0.2, -0.15) is 5.26 Å². The third kappa shape index (κ3) is 4.10. The maximum absolute atomic E-state index is 12.3. The van der Waals surface area contributed by atoms with Crippen LogP contribution in [-0.2, 0) is 16.1 Å². The summed E-state index contributed by atoms with van der Waals surface area (Å²) < 4.78 is 10.8. The van der Waals surface area contributed by atoms with Gasteiger partial charge >= 0.3 is 0 Å². The Bertz CT molecular complexity index is 535. The first-order valence-electron chi connectivity index (χ1n) is 6.91. The molecule has 1 aromatic heterocycles. The summed E-state index contributed by atoms with van der Waals surface area (Å²) in [4.78, 5) is 14.0. The highest BCUT2D eigenvalue weighted by atomic mass is 16.5. The molecule has 1 aliphatic rings. The molecule has 1 aromatic rings. The van der Waals surface area contributed by atoms with Crippen molar-refractivity contribution < 1.29 is 13.9 Å². The minimum Gasteiger partial charge on any atom is -0.467 e. The Morgan fingerprint density at radius 1 is 1.52 bits per heavy atom. The number of ether oxygens (including phenoxy) is 1. The maximum Gasteiger partial charge on any atom is 0.266 e. The van der Waals surface area contributed by atoms with Crippen LogP contribution in [0.25, 0.3) is 0 Å². The Kier molecular flexibility index (Phi) is 5.01. The third-order valence-electron chi connectivity index (χ3n) is 3.16. The molecule has 0 saturated carbocycles. The summed E-state index contributed by atoms with van der Waals surface area (Å²) in [7, 11) is 0. The molecule has 0 aliphatic carbocycles. The van der Waals surface area contributed by atoms with E-state index in [2.05, 4.69) is 5.32 Å². The lowest BCUT2D eigenvalue weighted by molar-refractivity contribution is -0.138. The summed E-state index contributed by atoms with van der Waals surface area (Å²) in [6, 6.07) is 5.55. The van der Waals surface area contributed by atoms with Gasteiger partial charge in [-0.05, 0) is 26.0 Å². The third-order valence-corrected chi connectivity index (χ3v) is 3.16. The first-order chi connectivity index (χ1) is 10.1. The summed E-state index contributed by atoms with van der Waals surface area (Å²) in [5.74, 6) is 0.469. The molecule has 6 heteroatoms. The van der Waals surface area contributed by atoms with E-state index in [4.69, 9.17) is 14.4 Å². The second-order valence-electron chi connectivity index (χ2n) is 5.10. The topological polar surface area (TPSA) is 78.5 Å². The van der Waals surface area contributed by atoms with Crippen molar-refractivity contribution >= 4 is 5.91 Å². The minimum atomic E-state index is -0.272. The highest BCUT2D eigenvalue weighted by molar-refractivity contribution is 5.97. The Morgan fingerprint density at radius 2 is 2.24 bits per heavy atom. The van der Waals surface area contributed by atoms with Crippen molar-refractivity contribution in [2.75, 3.05) is 13.1 Å². The first-order valence-corrected chi connectivity index (χ1v) is 6.91. The zero-order chi connectivity index (χ0) is 15.2. The molecule has 2 unspecified atom stereocenters. The predicted molar refractivity (Wildman–Crippen MR) is 75.8 cm³/mol. The predicted octanol–water partition coefficient (Wildman–Crippen LogP) is 1.41. The van der Waals surface area contributed by atoms with E-state index in [0.29, 0.717) is 19.6 Å². The summed E-state index contributed by atoms with van der Waals surface area (Å²) >= 11 is 0. The molecule has 0 aromatic carbocycles. The van der Waals surface area contributed by atoms with Gasteiger partial charge in [-0.3, -0.25) is 4.79 Å². The minimum absolute atomic E-state index is 0.0197. The monoisotopic (exact) mass is 289 g/mol. The van der Waals surface area contributed by atoms with Crippen LogP contribution in [0.1, 0.15) is 19.6 Å². The van der Waals surface area contributed by atoms with Gasteiger partial charge in [0.1, 0.15) is 17.4 Å². The molecule has 2 heterocycles. The van der Waals surface area contributed by atoms with E-state index in [0.717, 1.165) is 5.76 Å². The molecule has 2 rings (SSSR count). The molecule has 1 saturated heterocycles. The number of carbonyl (C=O) groups excluding carboxylic acids is 1. The molecule has 1 fully saturated rings. The average molecular weight is 289 g/mol. The van der Waals surface area contributed by atoms with Crippen LogP contribution in [0.3, 0.4) is 0 Å². The molecule has 6 nitrogen and oxygen atoms in total. The van der Waals surface area contributed by atoms with Gasteiger partial charge in [-0.1, -0.05) is 0 Å². The first kappa shape index (κ1) is 15.1. The van der Waals surface area contributed by atoms with Crippen LogP contribution < -0.4 is 5.32 Å². The molecule has 21 heavy (non-hydrogen) atoms. The van der Waals surface area contributed by atoms with E-state index in [-0.39, 0.29) is 23.7 Å². The van der Waals surface area contributed by atoms with Gasteiger partial charge in [0.25, 0.3) is 5.91 Å². The highest BCUT2D eigenvalue weighted by Gasteiger charge is 2.27.